The lowest BCUT2D eigenvalue weighted by molar-refractivity contribution is -0.137. The lowest BCUT2D eigenvalue weighted by Crippen LogP contribution is -2.42. The van der Waals surface area contributed by atoms with Crippen LogP contribution in [0.5, 0.6) is 5.75 Å². The van der Waals surface area contributed by atoms with Crippen LogP contribution in [0.2, 0.25) is 0 Å². The summed E-state index contributed by atoms with van der Waals surface area (Å²) >= 11 is 0. The van der Waals surface area contributed by atoms with E-state index in [2.05, 4.69) is 10.6 Å². The van der Waals surface area contributed by atoms with Gasteiger partial charge in [0.15, 0.2) is 6.61 Å². The second-order valence-electron chi connectivity index (χ2n) is 6.37. The molecule has 0 saturated carbocycles. The average Bonchev–Trinajstić information content (AvgIpc) is 3.20. The zero-order valence-electron chi connectivity index (χ0n) is 14.7. The maximum atomic E-state index is 12.0. The Morgan fingerprint density at radius 1 is 1.12 bits per heavy atom. The lowest BCUT2D eigenvalue weighted by Gasteiger charge is -2.26. The number of ether oxygens (including phenoxy) is 3. The molecule has 1 aromatic rings. The Kier molecular flexibility index (Phi) is 6.68. The molecule has 142 valence electrons. The molecule has 0 aromatic heterocycles. The topological polar surface area (TPSA) is 89.1 Å². The number of rotatable bonds is 6. The van der Waals surface area contributed by atoms with Crippen LogP contribution in [0.25, 0.3) is 0 Å². The summed E-state index contributed by atoms with van der Waals surface area (Å²) in [6, 6.07) is 6.70. The Morgan fingerprint density at radius 3 is 2.58 bits per heavy atom. The van der Waals surface area contributed by atoms with Gasteiger partial charge in [0.1, 0.15) is 5.75 Å². The molecule has 0 radical (unpaired) electrons. The molecule has 2 saturated heterocycles. The quantitative estimate of drug-likeness (QED) is 0.790. The molecule has 2 N–H and O–H groups in total. The van der Waals surface area contributed by atoms with E-state index in [-0.39, 0.29) is 18.5 Å². The SMILES string of the molecule is O=C(NC[C@H]1CCOC1)Nc1ccc(OCC(=O)N2CCOCC2)cc1. The lowest BCUT2D eigenvalue weighted by atomic mass is 10.1. The van der Waals surface area contributed by atoms with Crippen LogP contribution in [-0.2, 0) is 14.3 Å². The van der Waals surface area contributed by atoms with E-state index in [0.717, 1.165) is 13.0 Å². The minimum Gasteiger partial charge on any atom is -0.484 e. The van der Waals surface area contributed by atoms with E-state index in [9.17, 15) is 9.59 Å². The monoisotopic (exact) mass is 363 g/mol. The first kappa shape index (κ1) is 18.5. The number of urea groups is 1. The minimum absolute atomic E-state index is 0.00325. The predicted octanol–water partition coefficient (Wildman–Crippen LogP) is 1.08. The van der Waals surface area contributed by atoms with Crippen molar-refractivity contribution in [1.82, 2.24) is 10.2 Å². The fraction of sp³-hybridized carbons (Fsp3) is 0.556. The number of morpholine rings is 1. The molecule has 3 amide bonds. The van der Waals surface area contributed by atoms with Crippen molar-refractivity contribution in [1.29, 1.82) is 0 Å². The number of carbonyl (C=O) groups excluding carboxylic acids is 2. The molecule has 0 aliphatic carbocycles. The van der Waals surface area contributed by atoms with Crippen LogP contribution >= 0.6 is 0 Å². The molecule has 0 bridgehead atoms. The molecule has 2 aliphatic heterocycles. The minimum atomic E-state index is -0.243. The Balaban J connectivity index is 1.38. The molecule has 0 spiro atoms. The molecule has 26 heavy (non-hydrogen) atoms. The largest absolute Gasteiger partial charge is 0.484 e. The number of carbonyl (C=O) groups is 2. The van der Waals surface area contributed by atoms with Gasteiger partial charge < -0.3 is 29.7 Å². The first-order valence-electron chi connectivity index (χ1n) is 8.92. The number of hydrogen-bond donors (Lipinski definition) is 2. The van der Waals surface area contributed by atoms with Crippen molar-refractivity contribution in [3.8, 4) is 5.75 Å². The maximum absolute atomic E-state index is 12.0. The van der Waals surface area contributed by atoms with Gasteiger partial charge in [-0.3, -0.25) is 4.79 Å². The summed E-state index contributed by atoms with van der Waals surface area (Å²) in [4.78, 5) is 25.7. The third-order valence-corrected chi connectivity index (χ3v) is 4.41. The van der Waals surface area contributed by atoms with E-state index in [1.54, 1.807) is 29.2 Å². The van der Waals surface area contributed by atoms with E-state index in [1.807, 2.05) is 0 Å². The van der Waals surface area contributed by atoms with Crippen LogP contribution < -0.4 is 15.4 Å². The zero-order chi connectivity index (χ0) is 18.2. The first-order chi connectivity index (χ1) is 12.7. The van der Waals surface area contributed by atoms with E-state index in [0.29, 0.717) is 56.8 Å². The summed E-state index contributed by atoms with van der Waals surface area (Å²) in [5.74, 6) is 0.923. The second-order valence-corrected chi connectivity index (χ2v) is 6.37. The molecule has 3 rings (SSSR count). The van der Waals surface area contributed by atoms with Crippen LogP contribution in [0.4, 0.5) is 10.5 Å². The van der Waals surface area contributed by atoms with Gasteiger partial charge in [0.05, 0.1) is 19.8 Å². The van der Waals surface area contributed by atoms with Gasteiger partial charge in [-0.15, -0.1) is 0 Å². The van der Waals surface area contributed by atoms with Crippen LogP contribution in [0.1, 0.15) is 6.42 Å². The first-order valence-corrected chi connectivity index (χ1v) is 8.92. The smallest absolute Gasteiger partial charge is 0.319 e. The van der Waals surface area contributed by atoms with Crippen molar-refractivity contribution in [2.75, 3.05) is 58.0 Å². The molecule has 8 heteroatoms. The van der Waals surface area contributed by atoms with Crippen molar-refractivity contribution in [2.24, 2.45) is 5.92 Å². The maximum Gasteiger partial charge on any atom is 0.319 e. The molecular formula is C18H25N3O5. The third kappa shape index (κ3) is 5.60. The fourth-order valence-electron chi connectivity index (χ4n) is 2.84. The van der Waals surface area contributed by atoms with E-state index in [1.165, 1.54) is 0 Å². The number of amides is 3. The van der Waals surface area contributed by atoms with Crippen LogP contribution in [0.15, 0.2) is 24.3 Å². The number of hydrogen-bond acceptors (Lipinski definition) is 5. The number of nitrogens with one attached hydrogen (secondary N) is 2. The van der Waals surface area contributed by atoms with Gasteiger partial charge in [-0.05, 0) is 30.7 Å². The summed E-state index contributed by atoms with van der Waals surface area (Å²) < 4.78 is 16.0. The summed E-state index contributed by atoms with van der Waals surface area (Å²) in [6.07, 6.45) is 0.982. The highest BCUT2D eigenvalue weighted by Gasteiger charge is 2.17. The van der Waals surface area contributed by atoms with Crippen molar-refractivity contribution >= 4 is 17.6 Å². The van der Waals surface area contributed by atoms with Gasteiger partial charge >= 0.3 is 6.03 Å². The van der Waals surface area contributed by atoms with E-state index >= 15 is 0 Å². The summed E-state index contributed by atoms with van der Waals surface area (Å²) in [6.45, 7) is 4.43. The molecule has 8 nitrogen and oxygen atoms in total. The highest BCUT2D eigenvalue weighted by molar-refractivity contribution is 5.89. The molecular weight excluding hydrogens is 338 g/mol. The van der Waals surface area contributed by atoms with Gasteiger partial charge in [-0.2, -0.15) is 0 Å². The van der Waals surface area contributed by atoms with Crippen molar-refractivity contribution in [3.05, 3.63) is 24.3 Å². The average molecular weight is 363 g/mol. The summed E-state index contributed by atoms with van der Waals surface area (Å²) in [5.41, 5.74) is 0.664. The number of nitrogens with zero attached hydrogens (tertiary/aromatic N) is 1. The molecule has 2 aliphatic rings. The Hall–Kier alpha value is -2.32. The molecule has 2 fully saturated rings. The Morgan fingerprint density at radius 2 is 1.88 bits per heavy atom. The van der Waals surface area contributed by atoms with Crippen LogP contribution in [0, 0.1) is 5.92 Å². The van der Waals surface area contributed by atoms with Crippen LogP contribution in [0.3, 0.4) is 0 Å². The highest BCUT2D eigenvalue weighted by atomic mass is 16.5. The van der Waals surface area contributed by atoms with Gasteiger partial charge in [0, 0.05) is 37.8 Å². The third-order valence-electron chi connectivity index (χ3n) is 4.41. The van der Waals surface area contributed by atoms with Gasteiger partial charge in [0.25, 0.3) is 5.91 Å². The van der Waals surface area contributed by atoms with Crippen LogP contribution in [-0.4, -0.2) is 69.5 Å². The number of anilines is 1. The number of benzene rings is 1. The predicted molar refractivity (Wildman–Crippen MR) is 95.3 cm³/mol. The molecule has 0 unspecified atom stereocenters. The Labute approximate surface area is 152 Å². The molecule has 1 aromatic carbocycles. The normalized spacial score (nSPS) is 19.8. The van der Waals surface area contributed by atoms with Crippen molar-refractivity contribution < 1.29 is 23.8 Å². The van der Waals surface area contributed by atoms with Gasteiger partial charge in [-0.25, -0.2) is 4.79 Å². The van der Waals surface area contributed by atoms with E-state index < -0.39 is 0 Å². The van der Waals surface area contributed by atoms with Gasteiger partial charge in [0.2, 0.25) is 0 Å². The Bertz CT molecular complexity index is 595. The molecule has 1 atom stereocenters. The van der Waals surface area contributed by atoms with Gasteiger partial charge in [-0.1, -0.05) is 0 Å². The van der Waals surface area contributed by atoms with E-state index in [4.69, 9.17) is 14.2 Å². The highest BCUT2D eigenvalue weighted by Crippen LogP contribution is 2.16. The van der Waals surface area contributed by atoms with Crippen molar-refractivity contribution in [2.45, 2.75) is 6.42 Å². The second kappa shape index (κ2) is 9.40. The molecule has 2 heterocycles. The fourth-order valence-corrected chi connectivity index (χ4v) is 2.84. The summed E-state index contributed by atoms with van der Waals surface area (Å²) in [7, 11) is 0. The van der Waals surface area contributed by atoms with Crippen molar-refractivity contribution in [3.63, 3.8) is 0 Å². The standard InChI is InChI=1S/C18H25N3O5/c22-17(21-6-9-24-10-7-21)13-26-16-3-1-15(2-4-16)20-18(23)19-11-14-5-8-25-12-14/h1-4,14H,5-13H2,(H2,19,20,23)/t14-/m1/s1. The zero-order valence-corrected chi connectivity index (χ0v) is 14.7. The summed E-state index contributed by atoms with van der Waals surface area (Å²) in [5, 5.41) is 5.62.